The lowest BCUT2D eigenvalue weighted by molar-refractivity contribution is -0.123. The number of fused-ring (bicyclic) bond motifs is 1. The van der Waals surface area contributed by atoms with E-state index >= 15 is 0 Å². The smallest absolute Gasteiger partial charge is 0.234 e. The first-order valence-corrected chi connectivity index (χ1v) is 13.3. The van der Waals surface area contributed by atoms with Crippen molar-refractivity contribution in [1.82, 2.24) is 24.8 Å². The zero-order valence-electron chi connectivity index (χ0n) is 20.7. The zero-order chi connectivity index (χ0) is 24.6. The highest BCUT2D eigenvalue weighted by Gasteiger charge is 2.26. The van der Waals surface area contributed by atoms with E-state index in [1.165, 1.54) is 36.3 Å². The van der Waals surface area contributed by atoms with E-state index < -0.39 is 0 Å². The van der Waals surface area contributed by atoms with Crippen LogP contribution in [0.4, 0.5) is 15.3 Å². The summed E-state index contributed by atoms with van der Waals surface area (Å²) in [5.41, 5.74) is 1.20. The molecule has 0 bridgehead atoms. The van der Waals surface area contributed by atoms with Crippen molar-refractivity contribution in [2.24, 2.45) is 0 Å². The topological polar surface area (TPSA) is 77.8 Å². The largest absolute Gasteiger partial charge is 0.364 e. The Kier molecular flexibility index (Phi) is 6.67. The van der Waals surface area contributed by atoms with Gasteiger partial charge in [-0.25, -0.2) is 9.37 Å². The Labute approximate surface area is 209 Å². The molecular formula is C25H34FN7OS. The van der Waals surface area contributed by atoms with E-state index in [9.17, 15) is 9.18 Å². The minimum atomic E-state index is -0.288. The standard InChI is InChI=1S/C25H34FN7OS/c1-25(2,3)29-22-21(17-7-6-8-18(26)15-17)28-23-33(22)30-24(35-23)32-13-11-31(12-14-32)16-20(34)27-19-9-4-5-10-19/h6-8,15,19,29H,4-5,9-14,16H2,1-3H3,(H,27,34). The molecule has 188 valence electrons. The summed E-state index contributed by atoms with van der Waals surface area (Å²) < 4.78 is 15.8. The second-order valence-corrected chi connectivity index (χ2v) is 11.5. The van der Waals surface area contributed by atoms with Crippen molar-refractivity contribution in [1.29, 1.82) is 0 Å². The molecule has 1 aliphatic heterocycles. The van der Waals surface area contributed by atoms with Crippen molar-refractivity contribution in [3.8, 4) is 11.3 Å². The van der Waals surface area contributed by atoms with Gasteiger partial charge in [-0.2, -0.15) is 4.52 Å². The number of halogens is 1. The Hall–Kier alpha value is -2.72. The number of rotatable bonds is 6. The van der Waals surface area contributed by atoms with Gasteiger partial charge in [-0.1, -0.05) is 36.3 Å². The number of imidazole rings is 1. The summed E-state index contributed by atoms with van der Waals surface area (Å²) >= 11 is 1.54. The van der Waals surface area contributed by atoms with Gasteiger partial charge in [-0.15, -0.1) is 5.10 Å². The monoisotopic (exact) mass is 499 g/mol. The fourth-order valence-corrected chi connectivity index (χ4v) is 5.77. The molecule has 2 N–H and O–H groups in total. The number of carbonyl (C=O) groups is 1. The average molecular weight is 500 g/mol. The number of piperazine rings is 1. The molecule has 0 unspecified atom stereocenters. The summed E-state index contributed by atoms with van der Waals surface area (Å²) in [4.78, 5) is 22.5. The second kappa shape index (κ2) is 9.73. The van der Waals surface area contributed by atoms with E-state index in [2.05, 4.69) is 41.2 Å². The number of amides is 1. The van der Waals surface area contributed by atoms with Crippen molar-refractivity contribution in [2.45, 2.75) is 58.0 Å². The van der Waals surface area contributed by atoms with Crippen LogP contribution in [0.3, 0.4) is 0 Å². The highest BCUT2D eigenvalue weighted by atomic mass is 32.1. The van der Waals surface area contributed by atoms with E-state index in [0.717, 1.165) is 60.5 Å². The maximum atomic E-state index is 13.9. The lowest BCUT2D eigenvalue weighted by atomic mass is 10.1. The normalized spacial score (nSPS) is 17.9. The molecule has 5 rings (SSSR count). The molecule has 0 atom stereocenters. The highest BCUT2D eigenvalue weighted by molar-refractivity contribution is 7.20. The molecule has 2 fully saturated rings. The lowest BCUT2D eigenvalue weighted by Gasteiger charge is -2.34. The van der Waals surface area contributed by atoms with Gasteiger partial charge >= 0.3 is 0 Å². The minimum Gasteiger partial charge on any atom is -0.364 e. The molecule has 1 amide bonds. The maximum absolute atomic E-state index is 13.9. The fraction of sp³-hybridized carbons (Fsp3) is 0.560. The number of hydrogen-bond donors (Lipinski definition) is 2. The van der Waals surface area contributed by atoms with Crippen molar-refractivity contribution < 1.29 is 9.18 Å². The van der Waals surface area contributed by atoms with Gasteiger partial charge in [0.25, 0.3) is 0 Å². The Morgan fingerprint density at radius 1 is 1.17 bits per heavy atom. The number of nitrogens with one attached hydrogen (secondary N) is 2. The number of benzene rings is 1. The SMILES string of the molecule is CC(C)(C)Nc1c(-c2cccc(F)c2)nc2sc(N3CCN(CC(=O)NC4CCCC4)CC3)nn12. The predicted octanol–water partition coefficient (Wildman–Crippen LogP) is 3.99. The molecule has 2 aromatic heterocycles. The Bertz CT molecular complexity index is 1190. The summed E-state index contributed by atoms with van der Waals surface area (Å²) in [7, 11) is 0. The Morgan fingerprint density at radius 3 is 2.60 bits per heavy atom. The number of carbonyl (C=O) groups excluding carboxylic acids is 1. The van der Waals surface area contributed by atoms with Gasteiger partial charge in [0, 0.05) is 43.3 Å². The molecule has 1 aliphatic carbocycles. The Morgan fingerprint density at radius 2 is 1.91 bits per heavy atom. The molecule has 1 saturated carbocycles. The van der Waals surface area contributed by atoms with Gasteiger partial charge in [-0.3, -0.25) is 9.69 Å². The first kappa shape index (κ1) is 24.0. The Balaban J connectivity index is 1.29. The van der Waals surface area contributed by atoms with Crippen LogP contribution >= 0.6 is 11.3 Å². The highest BCUT2D eigenvalue weighted by Crippen LogP contribution is 2.35. The summed E-state index contributed by atoms with van der Waals surface area (Å²) in [6.45, 7) is 9.97. The van der Waals surface area contributed by atoms with Gasteiger partial charge < -0.3 is 15.5 Å². The van der Waals surface area contributed by atoms with Crippen LogP contribution in [0, 0.1) is 5.82 Å². The molecule has 3 heterocycles. The molecule has 10 heteroatoms. The average Bonchev–Trinajstić information content (AvgIpc) is 3.51. The molecule has 3 aromatic rings. The van der Waals surface area contributed by atoms with Crippen molar-refractivity contribution in [3.63, 3.8) is 0 Å². The van der Waals surface area contributed by atoms with Crippen LogP contribution in [0.15, 0.2) is 24.3 Å². The van der Waals surface area contributed by atoms with E-state index in [1.54, 1.807) is 6.07 Å². The van der Waals surface area contributed by atoms with E-state index in [1.807, 2.05) is 10.6 Å². The third-order valence-corrected chi connectivity index (χ3v) is 7.48. The van der Waals surface area contributed by atoms with Crippen LogP contribution in [-0.4, -0.2) is 69.7 Å². The van der Waals surface area contributed by atoms with Crippen LogP contribution in [0.1, 0.15) is 46.5 Å². The third-order valence-electron chi connectivity index (χ3n) is 6.51. The molecular weight excluding hydrogens is 465 g/mol. The van der Waals surface area contributed by atoms with Gasteiger partial charge in [0.1, 0.15) is 11.5 Å². The number of anilines is 2. The molecule has 0 spiro atoms. The van der Waals surface area contributed by atoms with Crippen LogP contribution in [0.25, 0.3) is 16.2 Å². The molecule has 2 aliphatic rings. The summed E-state index contributed by atoms with van der Waals surface area (Å²) in [6, 6.07) is 6.87. The zero-order valence-corrected chi connectivity index (χ0v) is 21.5. The van der Waals surface area contributed by atoms with Crippen LogP contribution in [0.5, 0.6) is 0 Å². The first-order chi connectivity index (χ1) is 16.7. The van der Waals surface area contributed by atoms with E-state index in [4.69, 9.17) is 10.1 Å². The van der Waals surface area contributed by atoms with Crippen molar-refractivity contribution in [2.75, 3.05) is 42.9 Å². The molecule has 1 aromatic carbocycles. The fourth-order valence-electron chi connectivity index (χ4n) is 4.81. The van der Waals surface area contributed by atoms with Crippen LogP contribution in [0.2, 0.25) is 0 Å². The first-order valence-electron chi connectivity index (χ1n) is 12.5. The third kappa shape index (κ3) is 5.59. The quantitative estimate of drug-likeness (QED) is 0.534. The summed E-state index contributed by atoms with van der Waals surface area (Å²) in [6.07, 6.45) is 4.66. The number of aromatic nitrogens is 3. The number of hydrogen-bond acceptors (Lipinski definition) is 7. The number of nitrogens with zero attached hydrogens (tertiary/aromatic N) is 5. The molecule has 1 saturated heterocycles. The van der Waals surface area contributed by atoms with E-state index in [0.29, 0.717) is 18.3 Å². The van der Waals surface area contributed by atoms with Gasteiger partial charge in [-0.05, 0) is 45.7 Å². The predicted molar refractivity (Wildman–Crippen MR) is 139 cm³/mol. The maximum Gasteiger partial charge on any atom is 0.234 e. The van der Waals surface area contributed by atoms with Gasteiger partial charge in [0.05, 0.1) is 6.54 Å². The molecule has 8 nitrogen and oxygen atoms in total. The molecule has 35 heavy (non-hydrogen) atoms. The summed E-state index contributed by atoms with van der Waals surface area (Å²) in [5.74, 6) is 0.618. The van der Waals surface area contributed by atoms with E-state index in [-0.39, 0.29) is 17.3 Å². The van der Waals surface area contributed by atoms with Crippen LogP contribution in [-0.2, 0) is 4.79 Å². The second-order valence-electron chi connectivity index (χ2n) is 10.6. The van der Waals surface area contributed by atoms with Crippen LogP contribution < -0.4 is 15.5 Å². The van der Waals surface area contributed by atoms with Crippen molar-refractivity contribution >= 4 is 33.2 Å². The minimum absolute atomic E-state index is 0.140. The van der Waals surface area contributed by atoms with Crippen molar-refractivity contribution in [3.05, 3.63) is 30.1 Å². The van der Waals surface area contributed by atoms with Gasteiger partial charge in [0.15, 0.2) is 5.82 Å². The van der Waals surface area contributed by atoms with Gasteiger partial charge in [0.2, 0.25) is 16.0 Å². The summed E-state index contributed by atoms with van der Waals surface area (Å²) in [5, 5.41) is 12.5. The lowest BCUT2D eigenvalue weighted by Crippen LogP contribution is -2.50. The molecule has 0 radical (unpaired) electrons.